The molecular formula is C23H19N3O5. The number of oxazole rings is 1. The second-order valence-corrected chi connectivity index (χ2v) is 6.89. The van der Waals surface area contributed by atoms with Crippen LogP contribution >= 0.6 is 0 Å². The highest BCUT2D eigenvalue weighted by atomic mass is 16.6. The Morgan fingerprint density at radius 3 is 2.61 bits per heavy atom. The van der Waals surface area contributed by atoms with Gasteiger partial charge < -0.3 is 14.5 Å². The fourth-order valence-corrected chi connectivity index (χ4v) is 3.13. The van der Waals surface area contributed by atoms with Crippen molar-refractivity contribution in [2.45, 2.75) is 13.8 Å². The molecule has 0 saturated heterocycles. The van der Waals surface area contributed by atoms with Gasteiger partial charge in [-0.05, 0) is 67.9 Å². The third kappa shape index (κ3) is 4.23. The number of nitrogens with one attached hydrogen (secondary N) is 1. The number of benzene rings is 3. The van der Waals surface area contributed by atoms with Gasteiger partial charge in [-0.1, -0.05) is 6.07 Å². The van der Waals surface area contributed by atoms with Crippen molar-refractivity contribution in [3.63, 3.8) is 0 Å². The minimum absolute atomic E-state index is 0.127. The molecule has 1 amide bonds. The number of nitro groups is 1. The Labute approximate surface area is 177 Å². The number of hydrogen-bond donors (Lipinski definition) is 1. The lowest BCUT2D eigenvalue weighted by Gasteiger charge is -2.08. The quantitative estimate of drug-likeness (QED) is 0.334. The lowest BCUT2D eigenvalue weighted by Crippen LogP contribution is -2.12. The number of carbonyl (C=O) groups is 1. The van der Waals surface area contributed by atoms with Crippen molar-refractivity contribution in [2.75, 3.05) is 11.9 Å². The molecule has 0 unspecified atom stereocenters. The maximum Gasteiger partial charge on any atom is 0.311 e. The van der Waals surface area contributed by atoms with Crippen LogP contribution in [-0.4, -0.2) is 22.4 Å². The molecule has 0 aliphatic carbocycles. The number of aromatic nitrogens is 1. The first-order valence-corrected chi connectivity index (χ1v) is 9.65. The number of amides is 1. The Morgan fingerprint density at radius 2 is 1.90 bits per heavy atom. The molecule has 0 saturated carbocycles. The van der Waals surface area contributed by atoms with Gasteiger partial charge in [0.25, 0.3) is 5.91 Å². The van der Waals surface area contributed by atoms with E-state index < -0.39 is 10.8 Å². The smallest absolute Gasteiger partial charge is 0.311 e. The molecule has 156 valence electrons. The van der Waals surface area contributed by atoms with Crippen LogP contribution in [0.15, 0.2) is 65.1 Å². The van der Waals surface area contributed by atoms with Crippen molar-refractivity contribution < 1.29 is 18.9 Å². The van der Waals surface area contributed by atoms with Crippen LogP contribution < -0.4 is 10.1 Å². The van der Waals surface area contributed by atoms with E-state index in [0.29, 0.717) is 23.8 Å². The van der Waals surface area contributed by atoms with Gasteiger partial charge in [0.15, 0.2) is 11.3 Å². The third-order valence-corrected chi connectivity index (χ3v) is 4.65. The van der Waals surface area contributed by atoms with Gasteiger partial charge in [0.1, 0.15) is 5.52 Å². The van der Waals surface area contributed by atoms with Crippen LogP contribution in [-0.2, 0) is 0 Å². The second kappa shape index (κ2) is 8.27. The minimum atomic E-state index is -0.571. The molecule has 0 spiro atoms. The molecule has 0 aliphatic rings. The Bertz CT molecular complexity index is 1280. The first-order valence-electron chi connectivity index (χ1n) is 9.65. The number of fused-ring (bicyclic) bond motifs is 1. The zero-order valence-electron chi connectivity index (χ0n) is 16.9. The van der Waals surface area contributed by atoms with Gasteiger partial charge in [0.05, 0.1) is 11.5 Å². The minimum Gasteiger partial charge on any atom is -0.487 e. The monoisotopic (exact) mass is 417 g/mol. The summed E-state index contributed by atoms with van der Waals surface area (Å²) < 4.78 is 11.1. The van der Waals surface area contributed by atoms with Crippen molar-refractivity contribution in [1.29, 1.82) is 0 Å². The van der Waals surface area contributed by atoms with Gasteiger partial charge in [-0.3, -0.25) is 14.9 Å². The summed E-state index contributed by atoms with van der Waals surface area (Å²) in [5, 5.41) is 14.0. The van der Waals surface area contributed by atoms with Crippen LogP contribution in [0.3, 0.4) is 0 Å². The predicted octanol–water partition coefficient (Wildman–Crippen LogP) is 5.36. The predicted molar refractivity (Wildman–Crippen MR) is 116 cm³/mol. The Morgan fingerprint density at radius 1 is 1.13 bits per heavy atom. The van der Waals surface area contributed by atoms with E-state index in [2.05, 4.69) is 10.3 Å². The molecule has 0 bridgehead atoms. The van der Waals surface area contributed by atoms with Crippen molar-refractivity contribution in [3.8, 4) is 17.2 Å². The van der Waals surface area contributed by atoms with Gasteiger partial charge >= 0.3 is 5.69 Å². The number of aryl methyl sites for hydroxylation is 1. The second-order valence-electron chi connectivity index (χ2n) is 6.89. The van der Waals surface area contributed by atoms with Crippen molar-refractivity contribution in [1.82, 2.24) is 4.98 Å². The Kier molecular flexibility index (Phi) is 5.36. The van der Waals surface area contributed by atoms with E-state index in [4.69, 9.17) is 9.15 Å². The fourth-order valence-electron chi connectivity index (χ4n) is 3.13. The average Bonchev–Trinajstić information content (AvgIpc) is 3.17. The molecular weight excluding hydrogens is 398 g/mol. The normalized spacial score (nSPS) is 10.8. The summed E-state index contributed by atoms with van der Waals surface area (Å²) in [4.78, 5) is 27.7. The summed E-state index contributed by atoms with van der Waals surface area (Å²) in [7, 11) is 0. The van der Waals surface area contributed by atoms with E-state index in [1.54, 1.807) is 31.2 Å². The zero-order valence-corrected chi connectivity index (χ0v) is 16.9. The molecule has 0 aliphatic heterocycles. The van der Waals surface area contributed by atoms with Gasteiger partial charge in [0.2, 0.25) is 5.89 Å². The van der Waals surface area contributed by atoms with Crippen molar-refractivity contribution in [2.24, 2.45) is 0 Å². The van der Waals surface area contributed by atoms with Gasteiger partial charge in [-0.15, -0.1) is 0 Å². The molecule has 8 nitrogen and oxygen atoms in total. The Balaban J connectivity index is 1.52. The third-order valence-electron chi connectivity index (χ3n) is 4.65. The number of nitrogens with zero attached hydrogens (tertiary/aromatic N) is 2. The van der Waals surface area contributed by atoms with Crippen LogP contribution in [0.1, 0.15) is 22.8 Å². The van der Waals surface area contributed by atoms with E-state index in [0.717, 1.165) is 16.6 Å². The lowest BCUT2D eigenvalue weighted by atomic mass is 10.1. The lowest BCUT2D eigenvalue weighted by molar-refractivity contribution is -0.385. The molecule has 0 atom stereocenters. The summed E-state index contributed by atoms with van der Waals surface area (Å²) in [5.74, 6) is 0.152. The van der Waals surface area contributed by atoms with Crippen molar-refractivity contribution >= 4 is 28.4 Å². The molecule has 3 aromatic carbocycles. The van der Waals surface area contributed by atoms with Crippen LogP contribution in [0.5, 0.6) is 5.75 Å². The maximum absolute atomic E-state index is 12.6. The first-order chi connectivity index (χ1) is 14.9. The van der Waals surface area contributed by atoms with E-state index >= 15 is 0 Å². The highest BCUT2D eigenvalue weighted by Crippen LogP contribution is 2.29. The summed E-state index contributed by atoms with van der Waals surface area (Å²) in [5.41, 5.74) is 3.78. The number of ether oxygens (including phenoxy) is 1. The van der Waals surface area contributed by atoms with Gasteiger partial charge in [-0.2, -0.15) is 0 Å². The molecule has 0 fully saturated rings. The molecule has 1 aromatic heterocycles. The maximum atomic E-state index is 12.6. The number of anilines is 1. The molecule has 1 N–H and O–H groups in total. The molecule has 4 aromatic rings. The largest absolute Gasteiger partial charge is 0.487 e. The first kappa shape index (κ1) is 20.1. The molecule has 1 heterocycles. The van der Waals surface area contributed by atoms with Crippen LogP contribution in [0.2, 0.25) is 0 Å². The van der Waals surface area contributed by atoms with Crippen LogP contribution in [0, 0.1) is 17.0 Å². The van der Waals surface area contributed by atoms with E-state index in [-0.39, 0.29) is 17.0 Å². The van der Waals surface area contributed by atoms with E-state index in [1.165, 1.54) is 18.2 Å². The van der Waals surface area contributed by atoms with Crippen molar-refractivity contribution in [3.05, 3.63) is 81.9 Å². The summed E-state index contributed by atoms with van der Waals surface area (Å²) in [6.45, 7) is 4.01. The molecule has 31 heavy (non-hydrogen) atoms. The topological polar surface area (TPSA) is 108 Å². The van der Waals surface area contributed by atoms with E-state index in [9.17, 15) is 14.9 Å². The van der Waals surface area contributed by atoms with Gasteiger partial charge in [-0.25, -0.2) is 4.98 Å². The fraction of sp³-hybridized carbons (Fsp3) is 0.130. The summed E-state index contributed by atoms with van der Waals surface area (Å²) in [6.07, 6.45) is 0. The average molecular weight is 417 g/mol. The number of carbonyl (C=O) groups excluding carboxylic acids is 1. The highest BCUT2D eigenvalue weighted by Gasteiger charge is 2.19. The van der Waals surface area contributed by atoms with Gasteiger partial charge in [0, 0.05) is 22.9 Å². The highest BCUT2D eigenvalue weighted by molar-refractivity contribution is 6.05. The molecule has 8 heteroatoms. The number of nitro benzene ring substituents is 1. The number of hydrogen-bond acceptors (Lipinski definition) is 6. The Hall–Kier alpha value is -4.20. The summed E-state index contributed by atoms with van der Waals surface area (Å²) in [6, 6.07) is 16.9. The molecule has 4 rings (SSSR count). The van der Waals surface area contributed by atoms with Crippen LogP contribution in [0.4, 0.5) is 11.4 Å². The van der Waals surface area contributed by atoms with E-state index in [1.807, 2.05) is 25.1 Å². The van der Waals surface area contributed by atoms with Crippen LogP contribution in [0.25, 0.3) is 22.6 Å². The SMILES string of the molecule is CCOc1ccc(C(=O)Nc2ccc(-c3nc4ccc(C)cc4o3)cc2)cc1[N+](=O)[O-]. The standard InChI is InChI=1S/C23H19N3O5/c1-3-30-20-11-7-16(13-19(20)26(28)29)22(27)24-17-8-5-15(6-9-17)23-25-18-10-4-14(2)12-21(18)31-23/h4-13H,3H2,1-2H3,(H,24,27). The number of rotatable bonds is 6. The molecule has 0 radical (unpaired) electrons. The zero-order chi connectivity index (χ0) is 22.0. The summed E-state index contributed by atoms with van der Waals surface area (Å²) >= 11 is 0.